The molecule has 1 aromatic heterocycles. The Bertz CT molecular complexity index is 621. The van der Waals surface area contributed by atoms with Crippen LogP contribution in [-0.4, -0.2) is 31.9 Å². The van der Waals surface area contributed by atoms with Gasteiger partial charge in [0.1, 0.15) is 16.1 Å². The fourth-order valence-corrected chi connectivity index (χ4v) is 3.39. The van der Waals surface area contributed by atoms with Crippen molar-refractivity contribution in [1.29, 1.82) is 0 Å². The fraction of sp³-hybridized carbons (Fsp3) is 0.455. The van der Waals surface area contributed by atoms with E-state index in [0.717, 1.165) is 19.0 Å². The summed E-state index contributed by atoms with van der Waals surface area (Å²) < 4.78 is 26.7. The summed E-state index contributed by atoms with van der Waals surface area (Å²) in [6.07, 6.45) is 3.16. The van der Waals surface area contributed by atoms with Crippen molar-refractivity contribution in [3.05, 3.63) is 22.4 Å². The van der Waals surface area contributed by atoms with Crippen molar-refractivity contribution >= 4 is 39.1 Å². The number of halogens is 2. The van der Waals surface area contributed by atoms with Crippen molar-refractivity contribution in [2.75, 3.05) is 6.54 Å². The second-order valence-electron chi connectivity index (χ2n) is 4.40. The summed E-state index contributed by atoms with van der Waals surface area (Å²) in [6, 6.07) is 0.422. The van der Waals surface area contributed by atoms with Gasteiger partial charge < -0.3 is 5.32 Å². The van der Waals surface area contributed by atoms with E-state index in [0.29, 0.717) is 13.0 Å². The largest absolute Gasteiger partial charge is 0.355 e. The summed E-state index contributed by atoms with van der Waals surface area (Å²) in [5.74, 6) is -0.320. The van der Waals surface area contributed by atoms with Gasteiger partial charge in [-0.3, -0.25) is 4.79 Å². The molecule has 1 aromatic rings. The van der Waals surface area contributed by atoms with Gasteiger partial charge in [0.05, 0.1) is 5.02 Å². The molecule has 1 unspecified atom stereocenters. The van der Waals surface area contributed by atoms with Gasteiger partial charge in [0.25, 0.3) is 0 Å². The molecule has 20 heavy (non-hydrogen) atoms. The zero-order valence-electron chi connectivity index (χ0n) is 10.4. The molecule has 1 fully saturated rings. The minimum atomic E-state index is -3.86. The Hall–Kier alpha value is -0.890. The summed E-state index contributed by atoms with van der Waals surface area (Å²) in [7, 11) is -3.86. The van der Waals surface area contributed by atoms with Gasteiger partial charge in [0.15, 0.2) is 0 Å². The Kier molecular flexibility index (Phi) is 4.85. The molecule has 2 N–H and O–H groups in total. The molecule has 0 aromatic carbocycles. The molecule has 0 bridgehead atoms. The van der Waals surface area contributed by atoms with E-state index < -0.39 is 16.1 Å². The van der Waals surface area contributed by atoms with Crippen LogP contribution in [0.2, 0.25) is 10.2 Å². The summed E-state index contributed by atoms with van der Waals surface area (Å²) in [5.41, 5.74) is 0. The summed E-state index contributed by atoms with van der Waals surface area (Å²) in [4.78, 5) is 15.3. The van der Waals surface area contributed by atoms with Crippen LogP contribution in [0.5, 0.6) is 0 Å². The normalized spacial score (nSPS) is 20.3. The van der Waals surface area contributed by atoms with E-state index in [1.54, 1.807) is 0 Å². The number of nitrogens with one attached hydrogen (secondary N) is 2. The van der Waals surface area contributed by atoms with E-state index in [1.165, 1.54) is 6.07 Å². The second-order valence-corrected chi connectivity index (χ2v) is 6.88. The standard InChI is InChI=1S/C11H13Cl2N3O3S/c12-8-5-7(6-15-10(8)13)20(18,19)16-9-3-1-2-4-14-11(9)17/h5-6,9,16H,1-4H2,(H,14,17). The van der Waals surface area contributed by atoms with Crippen LogP contribution < -0.4 is 10.0 Å². The molecule has 2 rings (SSSR count). The van der Waals surface area contributed by atoms with Crippen molar-refractivity contribution in [3.63, 3.8) is 0 Å². The zero-order valence-corrected chi connectivity index (χ0v) is 12.7. The van der Waals surface area contributed by atoms with Gasteiger partial charge in [-0.2, -0.15) is 4.72 Å². The molecule has 6 nitrogen and oxygen atoms in total. The predicted octanol–water partition coefficient (Wildman–Crippen LogP) is 1.34. The van der Waals surface area contributed by atoms with Crippen molar-refractivity contribution in [2.45, 2.75) is 30.2 Å². The van der Waals surface area contributed by atoms with Crippen LogP contribution in [0.4, 0.5) is 0 Å². The number of carbonyl (C=O) groups excluding carboxylic acids is 1. The first-order valence-corrected chi connectivity index (χ1v) is 8.25. The molecule has 1 amide bonds. The second kappa shape index (κ2) is 6.26. The van der Waals surface area contributed by atoms with Crippen LogP contribution >= 0.6 is 23.2 Å². The van der Waals surface area contributed by atoms with Crippen LogP contribution in [-0.2, 0) is 14.8 Å². The molecule has 1 aliphatic rings. The smallest absolute Gasteiger partial charge is 0.242 e. The van der Waals surface area contributed by atoms with Crippen LogP contribution in [0.15, 0.2) is 17.2 Å². The number of hydrogen-bond acceptors (Lipinski definition) is 4. The number of rotatable bonds is 3. The first-order chi connectivity index (χ1) is 9.40. The molecule has 2 heterocycles. The number of amides is 1. The minimum absolute atomic E-state index is 0.0258. The maximum Gasteiger partial charge on any atom is 0.242 e. The number of nitrogens with zero attached hydrogens (tertiary/aromatic N) is 1. The van der Waals surface area contributed by atoms with Crippen LogP contribution in [0.25, 0.3) is 0 Å². The van der Waals surface area contributed by atoms with Crippen molar-refractivity contribution in [2.24, 2.45) is 0 Å². The minimum Gasteiger partial charge on any atom is -0.355 e. The van der Waals surface area contributed by atoms with E-state index in [-0.39, 0.29) is 21.0 Å². The van der Waals surface area contributed by atoms with Gasteiger partial charge in [-0.1, -0.05) is 23.2 Å². The van der Waals surface area contributed by atoms with E-state index >= 15 is 0 Å². The van der Waals surface area contributed by atoms with E-state index in [2.05, 4.69) is 15.0 Å². The lowest BCUT2D eigenvalue weighted by Gasteiger charge is -2.15. The lowest BCUT2D eigenvalue weighted by Crippen LogP contribution is -2.45. The third kappa shape index (κ3) is 3.60. The van der Waals surface area contributed by atoms with Gasteiger partial charge in [-0.15, -0.1) is 0 Å². The molecule has 1 atom stereocenters. The Morgan fingerprint density at radius 3 is 2.80 bits per heavy atom. The van der Waals surface area contributed by atoms with Crippen molar-refractivity contribution < 1.29 is 13.2 Å². The van der Waals surface area contributed by atoms with Crippen LogP contribution in [0.3, 0.4) is 0 Å². The lowest BCUT2D eigenvalue weighted by atomic mass is 10.1. The van der Waals surface area contributed by atoms with Crippen LogP contribution in [0.1, 0.15) is 19.3 Å². The highest BCUT2D eigenvalue weighted by Crippen LogP contribution is 2.22. The van der Waals surface area contributed by atoms with Crippen LogP contribution in [0, 0.1) is 0 Å². The number of aromatic nitrogens is 1. The van der Waals surface area contributed by atoms with Crippen molar-refractivity contribution in [3.8, 4) is 0 Å². The highest BCUT2D eigenvalue weighted by molar-refractivity contribution is 7.89. The molecule has 1 aliphatic heterocycles. The van der Waals surface area contributed by atoms with Gasteiger partial charge in [-0.25, -0.2) is 13.4 Å². The molecule has 9 heteroatoms. The average molecular weight is 338 g/mol. The SMILES string of the molecule is O=C1NCCCCC1NS(=O)(=O)c1cnc(Cl)c(Cl)c1. The molecular weight excluding hydrogens is 325 g/mol. The van der Waals surface area contributed by atoms with E-state index in [9.17, 15) is 13.2 Å². The molecule has 110 valence electrons. The first-order valence-electron chi connectivity index (χ1n) is 6.01. The number of pyridine rings is 1. The number of carbonyl (C=O) groups is 1. The topological polar surface area (TPSA) is 88.2 Å². The Labute approximate surface area is 126 Å². The Morgan fingerprint density at radius 1 is 1.35 bits per heavy atom. The molecule has 0 saturated carbocycles. The van der Waals surface area contributed by atoms with E-state index in [4.69, 9.17) is 23.2 Å². The molecular formula is C11H13Cl2N3O3S. The highest BCUT2D eigenvalue weighted by atomic mass is 35.5. The Morgan fingerprint density at radius 2 is 2.10 bits per heavy atom. The quantitative estimate of drug-likeness (QED) is 0.814. The monoisotopic (exact) mass is 337 g/mol. The number of sulfonamides is 1. The number of hydrogen-bond donors (Lipinski definition) is 2. The van der Waals surface area contributed by atoms with Gasteiger partial charge in [0.2, 0.25) is 15.9 Å². The third-order valence-electron chi connectivity index (χ3n) is 2.91. The third-order valence-corrected chi connectivity index (χ3v) is 5.04. The summed E-state index contributed by atoms with van der Waals surface area (Å²) >= 11 is 11.4. The Balaban J connectivity index is 2.21. The lowest BCUT2D eigenvalue weighted by molar-refractivity contribution is -0.122. The summed E-state index contributed by atoms with van der Waals surface area (Å²) in [5, 5.41) is 2.73. The highest BCUT2D eigenvalue weighted by Gasteiger charge is 2.27. The molecule has 1 saturated heterocycles. The predicted molar refractivity (Wildman–Crippen MR) is 75.2 cm³/mol. The molecule has 0 radical (unpaired) electrons. The first kappa shape index (κ1) is 15.5. The zero-order chi connectivity index (χ0) is 14.8. The summed E-state index contributed by atoms with van der Waals surface area (Å²) in [6.45, 7) is 0.561. The fourth-order valence-electron chi connectivity index (χ4n) is 1.86. The molecule has 0 spiro atoms. The van der Waals surface area contributed by atoms with Gasteiger partial charge >= 0.3 is 0 Å². The van der Waals surface area contributed by atoms with Crippen molar-refractivity contribution in [1.82, 2.24) is 15.0 Å². The maximum absolute atomic E-state index is 12.2. The van der Waals surface area contributed by atoms with Gasteiger partial charge in [-0.05, 0) is 25.3 Å². The van der Waals surface area contributed by atoms with E-state index in [1.807, 2.05) is 0 Å². The average Bonchev–Trinajstić information content (AvgIpc) is 2.58. The van der Waals surface area contributed by atoms with Gasteiger partial charge in [0, 0.05) is 12.7 Å². The maximum atomic E-state index is 12.2. The molecule has 0 aliphatic carbocycles.